The number of piperidine rings is 1. The maximum Gasteiger partial charge on any atom is 0.134 e. The summed E-state index contributed by atoms with van der Waals surface area (Å²) in [6, 6.07) is 1.86. The van der Waals surface area contributed by atoms with Crippen LogP contribution < -0.4 is 4.90 Å². The Morgan fingerprint density at radius 2 is 2.06 bits per heavy atom. The van der Waals surface area contributed by atoms with Crippen LogP contribution in [0.3, 0.4) is 0 Å². The minimum atomic E-state index is 0.542. The summed E-state index contributed by atoms with van der Waals surface area (Å²) in [5, 5.41) is 0.542. The Kier molecular flexibility index (Phi) is 3.64. The van der Waals surface area contributed by atoms with Crippen molar-refractivity contribution < 1.29 is 0 Å². The molecule has 1 aliphatic heterocycles. The lowest BCUT2D eigenvalue weighted by atomic mass is 9.94. The first-order valence-corrected chi connectivity index (χ1v) is 6.33. The molecular formula is C12H18ClN3. The van der Waals surface area contributed by atoms with Gasteiger partial charge in [-0.2, -0.15) is 0 Å². The molecule has 0 saturated carbocycles. The second-order valence-electron chi connectivity index (χ2n) is 4.43. The molecule has 88 valence electrons. The number of hydrogen-bond donors (Lipinski definition) is 0. The Hall–Kier alpha value is -0.830. The van der Waals surface area contributed by atoms with Crippen molar-refractivity contribution in [3.63, 3.8) is 0 Å². The van der Waals surface area contributed by atoms with E-state index >= 15 is 0 Å². The lowest BCUT2D eigenvalue weighted by molar-refractivity contribution is 0.393. The molecule has 2 rings (SSSR count). The molecule has 0 N–H and O–H groups in total. The van der Waals surface area contributed by atoms with E-state index < -0.39 is 0 Å². The van der Waals surface area contributed by atoms with Gasteiger partial charge >= 0.3 is 0 Å². The Labute approximate surface area is 102 Å². The van der Waals surface area contributed by atoms with Gasteiger partial charge < -0.3 is 4.90 Å². The molecule has 3 nitrogen and oxygen atoms in total. The van der Waals surface area contributed by atoms with Gasteiger partial charge in [-0.15, -0.1) is 0 Å². The first-order valence-electron chi connectivity index (χ1n) is 5.95. The van der Waals surface area contributed by atoms with Crippen LogP contribution >= 0.6 is 11.6 Å². The van der Waals surface area contributed by atoms with Gasteiger partial charge in [-0.1, -0.05) is 24.9 Å². The number of aromatic nitrogens is 2. The van der Waals surface area contributed by atoms with Crippen LogP contribution in [0.25, 0.3) is 0 Å². The lowest BCUT2D eigenvalue weighted by Gasteiger charge is -2.32. The van der Waals surface area contributed by atoms with E-state index in [0.29, 0.717) is 5.15 Å². The van der Waals surface area contributed by atoms with E-state index in [1.165, 1.54) is 19.3 Å². The fourth-order valence-corrected chi connectivity index (χ4v) is 2.47. The average Bonchev–Trinajstić information content (AvgIpc) is 2.28. The third-order valence-corrected chi connectivity index (χ3v) is 3.50. The van der Waals surface area contributed by atoms with Crippen molar-refractivity contribution in [2.75, 3.05) is 18.0 Å². The van der Waals surface area contributed by atoms with E-state index in [9.17, 15) is 0 Å². The van der Waals surface area contributed by atoms with Crippen LogP contribution in [0.15, 0.2) is 6.07 Å². The molecular weight excluding hydrogens is 222 g/mol. The van der Waals surface area contributed by atoms with Crippen LogP contribution in [0.4, 0.5) is 5.82 Å². The topological polar surface area (TPSA) is 29.0 Å². The molecule has 1 aliphatic rings. The minimum Gasteiger partial charge on any atom is -0.356 e. The predicted octanol–water partition coefficient (Wildman–Crippen LogP) is 3.06. The van der Waals surface area contributed by atoms with Gasteiger partial charge in [-0.3, -0.25) is 0 Å². The van der Waals surface area contributed by atoms with E-state index in [2.05, 4.69) is 21.8 Å². The van der Waals surface area contributed by atoms with Gasteiger partial charge in [0.2, 0.25) is 0 Å². The van der Waals surface area contributed by atoms with Gasteiger partial charge in [0, 0.05) is 19.2 Å². The highest BCUT2D eigenvalue weighted by atomic mass is 35.5. The Bertz CT molecular complexity index is 339. The second kappa shape index (κ2) is 5.00. The van der Waals surface area contributed by atoms with Crippen LogP contribution in [-0.4, -0.2) is 23.1 Å². The zero-order valence-electron chi connectivity index (χ0n) is 9.91. The number of halogens is 1. The first kappa shape index (κ1) is 11.6. The van der Waals surface area contributed by atoms with Crippen molar-refractivity contribution in [2.24, 2.45) is 5.92 Å². The van der Waals surface area contributed by atoms with Crippen molar-refractivity contribution in [3.8, 4) is 0 Å². The van der Waals surface area contributed by atoms with Crippen LogP contribution in [0.2, 0.25) is 5.15 Å². The summed E-state index contributed by atoms with van der Waals surface area (Å²) in [5.41, 5.74) is 0. The zero-order chi connectivity index (χ0) is 11.5. The molecule has 0 aliphatic carbocycles. The first-order chi connectivity index (χ1) is 7.69. The largest absolute Gasteiger partial charge is 0.356 e. The summed E-state index contributed by atoms with van der Waals surface area (Å²) >= 11 is 5.95. The van der Waals surface area contributed by atoms with Gasteiger partial charge in [0.25, 0.3) is 0 Å². The van der Waals surface area contributed by atoms with E-state index in [-0.39, 0.29) is 0 Å². The molecule has 0 aromatic carbocycles. The SMILES string of the molecule is CCC1CCN(c2cc(Cl)nc(C)n2)CC1. The van der Waals surface area contributed by atoms with Gasteiger partial charge in [-0.25, -0.2) is 9.97 Å². The Morgan fingerprint density at radius 1 is 1.38 bits per heavy atom. The molecule has 16 heavy (non-hydrogen) atoms. The lowest BCUT2D eigenvalue weighted by Crippen LogP contribution is -2.34. The number of nitrogens with zero attached hydrogens (tertiary/aromatic N) is 3. The van der Waals surface area contributed by atoms with E-state index in [1.807, 2.05) is 13.0 Å². The van der Waals surface area contributed by atoms with Gasteiger partial charge in [0.05, 0.1) is 0 Å². The maximum atomic E-state index is 5.95. The molecule has 0 amide bonds. The number of anilines is 1. The summed E-state index contributed by atoms with van der Waals surface area (Å²) in [5.74, 6) is 2.61. The molecule has 4 heteroatoms. The van der Waals surface area contributed by atoms with Crippen molar-refractivity contribution in [1.82, 2.24) is 9.97 Å². The molecule has 1 aromatic heterocycles. The van der Waals surface area contributed by atoms with Crippen LogP contribution in [0, 0.1) is 12.8 Å². The molecule has 0 radical (unpaired) electrons. The molecule has 0 atom stereocenters. The molecule has 0 bridgehead atoms. The number of hydrogen-bond acceptors (Lipinski definition) is 3. The van der Waals surface area contributed by atoms with Crippen molar-refractivity contribution in [3.05, 3.63) is 17.0 Å². The predicted molar refractivity (Wildman–Crippen MR) is 67.0 cm³/mol. The summed E-state index contributed by atoms with van der Waals surface area (Å²) in [4.78, 5) is 10.8. The Balaban J connectivity index is 2.08. The fourth-order valence-electron chi connectivity index (χ4n) is 2.25. The normalized spacial score (nSPS) is 17.8. The number of aryl methyl sites for hydroxylation is 1. The van der Waals surface area contributed by atoms with Crippen LogP contribution in [0.5, 0.6) is 0 Å². The highest BCUT2D eigenvalue weighted by Crippen LogP contribution is 2.24. The quantitative estimate of drug-likeness (QED) is 0.743. The molecule has 1 aromatic rings. The smallest absolute Gasteiger partial charge is 0.134 e. The summed E-state index contributed by atoms with van der Waals surface area (Å²) in [6.07, 6.45) is 3.81. The van der Waals surface area contributed by atoms with Gasteiger partial charge in [-0.05, 0) is 25.7 Å². The molecule has 0 spiro atoms. The van der Waals surface area contributed by atoms with Crippen molar-refractivity contribution >= 4 is 17.4 Å². The molecule has 2 heterocycles. The monoisotopic (exact) mass is 239 g/mol. The van der Waals surface area contributed by atoms with Gasteiger partial charge in [0.1, 0.15) is 16.8 Å². The fraction of sp³-hybridized carbons (Fsp3) is 0.667. The highest BCUT2D eigenvalue weighted by Gasteiger charge is 2.19. The van der Waals surface area contributed by atoms with E-state index in [1.54, 1.807) is 0 Å². The summed E-state index contributed by atoms with van der Waals surface area (Å²) < 4.78 is 0. The van der Waals surface area contributed by atoms with Crippen LogP contribution in [-0.2, 0) is 0 Å². The standard InChI is InChI=1S/C12H18ClN3/c1-3-10-4-6-16(7-5-10)12-8-11(13)14-9(2)15-12/h8,10H,3-7H2,1-2H3. The Morgan fingerprint density at radius 3 is 2.62 bits per heavy atom. The van der Waals surface area contributed by atoms with Gasteiger partial charge in [0.15, 0.2) is 0 Å². The number of rotatable bonds is 2. The zero-order valence-corrected chi connectivity index (χ0v) is 10.7. The third-order valence-electron chi connectivity index (χ3n) is 3.31. The van der Waals surface area contributed by atoms with E-state index in [0.717, 1.165) is 30.6 Å². The molecule has 1 saturated heterocycles. The second-order valence-corrected chi connectivity index (χ2v) is 4.82. The molecule has 0 unspecified atom stereocenters. The van der Waals surface area contributed by atoms with Crippen molar-refractivity contribution in [2.45, 2.75) is 33.1 Å². The van der Waals surface area contributed by atoms with E-state index in [4.69, 9.17) is 11.6 Å². The summed E-state index contributed by atoms with van der Waals surface area (Å²) in [6.45, 7) is 6.33. The molecule has 1 fully saturated rings. The minimum absolute atomic E-state index is 0.542. The highest BCUT2D eigenvalue weighted by molar-refractivity contribution is 6.29. The average molecular weight is 240 g/mol. The maximum absolute atomic E-state index is 5.95. The van der Waals surface area contributed by atoms with Crippen LogP contribution in [0.1, 0.15) is 32.0 Å². The third kappa shape index (κ3) is 2.64. The van der Waals surface area contributed by atoms with Crippen molar-refractivity contribution in [1.29, 1.82) is 0 Å². The summed E-state index contributed by atoms with van der Waals surface area (Å²) in [7, 11) is 0.